The molecule has 0 aliphatic carbocycles. The molecule has 0 amide bonds. The second-order valence-corrected chi connectivity index (χ2v) is 8.82. The molecular weight excluding hydrogens is 378 g/mol. The van der Waals surface area contributed by atoms with Crippen LogP contribution in [0.4, 0.5) is 5.82 Å². The Labute approximate surface area is 157 Å². The van der Waals surface area contributed by atoms with Gasteiger partial charge in [-0.3, -0.25) is 9.36 Å². The third kappa shape index (κ3) is 3.99. The van der Waals surface area contributed by atoms with E-state index in [4.69, 9.17) is 21.3 Å². The highest BCUT2D eigenvalue weighted by Crippen LogP contribution is 2.32. The van der Waals surface area contributed by atoms with Crippen molar-refractivity contribution in [2.24, 2.45) is 5.73 Å². The monoisotopic (exact) mass is 401 g/mol. The Morgan fingerprint density at radius 3 is 2.81 bits per heavy atom. The quantitative estimate of drug-likeness (QED) is 0.328. The second-order valence-electron chi connectivity index (χ2n) is 6.51. The number of carbonyl (C=O) groups is 1. The highest BCUT2D eigenvalue weighted by atomic mass is 32.2. The number of hydrogen-bond donors (Lipinski definition) is 5. The first-order valence-corrected chi connectivity index (χ1v) is 10.3. The highest BCUT2D eigenvalue weighted by molar-refractivity contribution is 7.96. The Bertz CT molecular complexity index is 819. The number of ether oxygens (including phenoxy) is 1. The van der Waals surface area contributed by atoms with Crippen LogP contribution in [0.25, 0.3) is 11.2 Å². The van der Waals surface area contributed by atoms with E-state index in [2.05, 4.69) is 15.0 Å². The lowest BCUT2D eigenvalue weighted by Gasteiger charge is -2.16. The highest BCUT2D eigenvalue weighted by Gasteiger charge is 2.46. The fraction of sp³-hybridized carbons (Fsp3) is 0.600. The third-order valence-corrected chi connectivity index (χ3v) is 6.37. The van der Waals surface area contributed by atoms with Crippen molar-refractivity contribution in [3.8, 4) is 0 Å². The van der Waals surface area contributed by atoms with Gasteiger partial charge in [-0.15, -0.1) is 0 Å². The van der Waals surface area contributed by atoms with Crippen LogP contribution in [0.15, 0.2) is 12.7 Å². The molecule has 148 valence electrons. The molecule has 0 radical (unpaired) electrons. The molecule has 1 aliphatic heterocycles. The summed E-state index contributed by atoms with van der Waals surface area (Å²) < 4.78 is 7.41. The van der Waals surface area contributed by atoms with Crippen LogP contribution in [0, 0.1) is 0 Å². The predicted octanol–water partition coefficient (Wildman–Crippen LogP) is -1.92. The number of carboxylic acids is 1. The van der Waals surface area contributed by atoms with E-state index < -0.39 is 36.6 Å². The topological polar surface area (TPSA) is 183 Å². The van der Waals surface area contributed by atoms with Crippen LogP contribution in [0.5, 0.6) is 0 Å². The van der Waals surface area contributed by atoms with Gasteiger partial charge in [0.2, 0.25) is 0 Å². The Morgan fingerprint density at radius 2 is 2.11 bits per heavy atom. The summed E-state index contributed by atoms with van der Waals surface area (Å²) in [5.74, 6) is 0.254. The maximum atomic E-state index is 10.8. The number of anilines is 1. The number of nitrogens with zero attached hydrogens (tertiary/aromatic N) is 4. The van der Waals surface area contributed by atoms with Crippen LogP contribution in [-0.4, -0.2) is 82.9 Å². The van der Waals surface area contributed by atoms with Crippen molar-refractivity contribution in [2.45, 2.75) is 37.0 Å². The maximum Gasteiger partial charge on any atom is 0.320 e. The number of imidazole rings is 1. The van der Waals surface area contributed by atoms with Crippen LogP contribution in [0.1, 0.15) is 12.6 Å². The number of aliphatic hydroxyl groups excluding tert-OH is 2. The van der Waals surface area contributed by atoms with Gasteiger partial charge in [-0.25, -0.2) is 15.0 Å². The van der Waals surface area contributed by atoms with Gasteiger partial charge in [0.05, 0.1) is 12.6 Å². The number of aliphatic hydroxyl groups is 2. The van der Waals surface area contributed by atoms with E-state index in [-0.39, 0.29) is 16.7 Å². The third-order valence-electron chi connectivity index (χ3n) is 4.54. The van der Waals surface area contributed by atoms with E-state index >= 15 is 0 Å². The standard InChI is InChI=1S/C15H22N6O5S/c1-27(3-2-7(16)15(24)25)4-8-10(22)11(23)14(26-8)21-6-20-9-12(17)18-5-19-13(9)21/h5-8,10-11,14,22-23H,2-4,16H2,1H3,(H2-,17,18,19,24,25)/p+1/t7-,8+,10+,11+,14+,27?/m0/s1/i1+2. The first-order chi connectivity index (χ1) is 12.8. The molecule has 2 aromatic rings. The number of nitrogen functional groups attached to an aromatic ring is 1. The average molecular weight is 401 g/mol. The summed E-state index contributed by atoms with van der Waals surface area (Å²) in [6, 6.07) is -0.907. The number of fused-ring (bicyclic) bond motifs is 1. The zero-order valence-electron chi connectivity index (χ0n) is 14.7. The predicted molar refractivity (Wildman–Crippen MR) is 98.9 cm³/mol. The molecule has 11 nitrogen and oxygen atoms in total. The largest absolute Gasteiger partial charge is 0.480 e. The molecule has 0 aromatic carbocycles. The van der Waals surface area contributed by atoms with Gasteiger partial charge >= 0.3 is 5.97 Å². The Kier molecular flexibility index (Phi) is 5.81. The van der Waals surface area contributed by atoms with Gasteiger partial charge < -0.3 is 31.5 Å². The first-order valence-electron chi connectivity index (χ1n) is 8.31. The zero-order chi connectivity index (χ0) is 19.7. The number of aromatic nitrogens is 4. The van der Waals surface area contributed by atoms with Crippen molar-refractivity contribution < 1.29 is 24.9 Å². The van der Waals surface area contributed by atoms with Gasteiger partial charge in [-0.05, 0) is 10.9 Å². The van der Waals surface area contributed by atoms with E-state index in [0.717, 1.165) is 0 Å². The maximum absolute atomic E-state index is 10.8. The number of hydrogen-bond acceptors (Lipinski definition) is 9. The van der Waals surface area contributed by atoms with E-state index in [1.54, 1.807) is 0 Å². The van der Waals surface area contributed by atoms with E-state index in [9.17, 15) is 15.0 Å². The SMILES string of the molecule is [14CH3][S+](CC[C@H](N)C(=O)O)C[C@H]1O[C@@H](n2cnc3c(N)ncnc32)[C@H](O)[C@@H]1O. The second kappa shape index (κ2) is 7.94. The van der Waals surface area contributed by atoms with E-state index in [1.807, 2.05) is 6.26 Å². The molecule has 0 saturated carbocycles. The van der Waals surface area contributed by atoms with Crippen LogP contribution >= 0.6 is 0 Å². The molecule has 1 saturated heterocycles. The lowest BCUT2D eigenvalue weighted by atomic mass is 10.1. The van der Waals surface area contributed by atoms with Gasteiger partial charge in [0.1, 0.15) is 47.7 Å². The number of rotatable bonds is 7. The molecule has 2 aromatic heterocycles. The first kappa shape index (κ1) is 19.8. The van der Waals surface area contributed by atoms with Gasteiger partial charge in [0.15, 0.2) is 17.7 Å². The summed E-state index contributed by atoms with van der Waals surface area (Å²) in [6.07, 6.45) is 1.31. The van der Waals surface area contributed by atoms with Gasteiger partial charge in [-0.2, -0.15) is 0 Å². The van der Waals surface area contributed by atoms with Gasteiger partial charge in [0.25, 0.3) is 0 Å². The Balaban J connectivity index is 1.68. The fourth-order valence-electron chi connectivity index (χ4n) is 2.97. The van der Waals surface area contributed by atoms with E-state index in [0.29, 0.717) is 29.1 Å². The van der Waals surface area contributed by atoms with Gasteiger partial charge in [-0.1, -0.05) is 0 Å². The summed E-state index contributed by atoms with van der Waals surface area (Å²) >= 11 is 0. The normalized spacial score (nSPS) is 27.7. The molecule has 0 bridgehead atoms. The molecule has 3 rings (SSSR count). The lowest BCUT2D eigenvalue weighted by Crippen LogP contribution is -2.37. The van der Waals surface area contributed by atoms with Crippen molar-refractivity contribution in [1.82, 2.24) is 19.5 Å². The molecular formula is C15H23N6O5S+. The van der Waals surface area contributed by atoms with Crippen molar-refractivity contribution in [3.05, 3.63) is 12.7 Å². The number of carboxylic acid groups (broad SMARTS) is 1. The van der Waals surface area contributed by atoms with Crippen LogP contribution in [0.2, 0.25) is 0 Å². The smallest absolute Gasteiger partial charge is 0.320 e. The van der Waals surface area contributed by atoms with Crippen molar-refractivity contribution in [1.29, 1.82) is 0 Å². The fourth-order valence-corrected chi connectivity index (χ4v) is 4.63. The molecule has 12 heteroatoms. The van der Waals surface area contributed by atoms with Crippen molar-refractivity contribution in [2.75, 3.05) is 23.5 Å². The van der Waals surface area contributed by atoms with Gasteiger partial charge in [0, 0.05) is 6.42 Å². The summed E-state index contributed by atoms with van der Waals surface area (Å²) in [6.45, 7) is 0. The molecule has 6 atom stereocenters. The molecule has 27 heavy (non-hydrogen) atoms. The Morgan fingerprint density at radius 1 is 1.37 bits per heavy atom. The Hall–Kier alpha value is -1.99. The minimum absolute atomic E-state index is 0.216. The van der Waals surface area contributed by atoms with E-state index in [1.165, 1.54) is 17.2 Å². The summed E-state index contributed by atoms with van der Waals surface area (Å²) in [4.78, 5) is 23.0. The minimum Gasteiger partial charge on any atom is -0.480 e. The lowest BCUT2D eigenvalue weighted by molar-refractivity contribution is -0.138. The number of aliphatic carboxylic acids is 1. The minimum atomic E-state index is -1.16. The van der Waals surface area contributed by atoms with Crippen LogP contribution in [-0.2, 0) is 20.4 Å². The van der Waals surface area contributed by atoms with Crippen LogP contribution in [0.3, 0.4) is 0 Å². The van der Waals surface area contributed by atoms with Crippen molar-refractivity contribution >= 4 is 33.8 Å². The van der Waals surface area contributed by atoms with Crippen molar-refractivity contribution in [3.63, 3.8) is 0 Å². The summed E-state index contributed by atoms with van der Waals surface area (Å²) in [7, 11) is -0.235. The average Bonchev–Trinajstić information content (AvgIpc) is 3.17. The number of nitrogens with two attached hydrogens (primary N) is 2. The molecule has 0 spiro atoms. The molecule has 3 heterocycles. The molecule has 1 aliphatic rings. The zero-order valence-corrected chi connectivity index (χ0v) is 15.5. The summed E-state index contributed by atoms with van der Waals surface area (Å²) in [5, 5.41) is 29.7. The molecule has 7 N–H and O–H groups in total. The van der Waals surface area contributed by atoms with Crippen LogP contribution < -0.4 is 11.5 Å². The summed E-state index contributed by atoms with van der Waals surface area (Å²) in [5.41, 5.74) is 12.1. The molecule has 1 unspecified atom stereocenters. The molecule has 1 fully saturated rings.